The lowest BCUT2D eigenvalue weighted by molar-refractivity contribution is 0.0697. The van der Waals surface area contributed by atoms with E-state index in [0.29, 0.717) is 11.4 Å². The van der Waals surface area contributed by atoms with Gasteiger partial charge in [-0.2, -0.15) is 5.11 Å². The topological polar surface area (TPSA) is 87.2 Å². The van der Waals surface area contributed by atoms with Gasteiger partial charge in [0, 0.05) is 11.4 Å². The Hall–Kier alpha value is -3.15. The lowest BCUT2D eigenvalue weighted by atomic mass is 10.2. The number of carboxylic acids is 1. The first-order valence-electron chi connectivity index (χ1n) is 7.56. The maximum atomic E-state index is 11.0. The Balaban J connectivity index is 2.09. The van der Waals surface area contributed by atoms with Crippen molar-refractivity contribution in [3.05, 3.63) is 54.1 Å². The Morgan fingerprint density at radius 2 is 1.83 bits per heavy atom. The number of fused-ring (bicyclic) bond motifs is 1. The first-order valence-corrected chi connectivity index (χ1v) is 7.56. The number of para-hydroxylation sites is 1. The van der Waals surface area contributed by atoms with Crippen molar-refractivity contribution in [2.75, 3.05) is 0 Å². The smallest absolute Gasteiger partial charge is 0.335 e. The highest BCUT2D eigenvalue weighted by molar-refractivity contribution is 5.95. The summed E-state index contributed by atoms with van der Waals surface area (Å²) in [5.41, 5.74) is 1.80. The molecular weight excluding hydrogens is 306 g/mol. The summed E-state index contributed by atoms with van der Waals surface area (Å²) < 4.78 is 1.79. The van der Waals surface area contributed by atoms with Gasteiger partial charge in [-0.15, -0.1) is 5.11 Å². The van der Waals surface area contributed by atoms with E-state index in [1.807, 2.05) is 38.1 Å². The molecule has 0 atom stereocenters. The van der Waals surface area contributed by atoms with Crippen molar-refractivity contribution in [2.24, 2.45) is 10.2 Å². The monoisotopic (exact) mass is 323 g/mol. The van der Waals surface area contributed by atoms with Crippen LogP contribution in [0.2, 0.25) is 0 Å². The average molecular weight is 323 g/mol. The van der Waals surface area contributed by atoms with Crippen LogP contribution in [0, 0.1) is 0 Å². The van der Waals surface area contributed by atoms with E-state index in [9.17, 15) is 9.90 Å². The lowest BCUT2D eigenvalue weighted by Gasteiger charge is -2.10. The van der Waals surface area contributed by atoms with Crippen molar-refractivity contribution in [3.8, 4) is 5.88 Å². The Morgan fingerprint density at radius 1 is 1.08 bits per heavy atom. The molecule has 2 N–H and O–H groups in total. The summed E-state index contributed by atoms with van der Waals surface area (Å²) in [5, 5.41) is 28.6. The van der Waals surface area contributed by atoms with Gasteiger partial charge >= 0.3 is 5.97 Å². The number of aromatic hydroxyl groups is 1. The lowest BCUT2D eigenvalue weighted by Crippen LogP contribution is -1.98. The largest absolute Gasteiger partial charge is 0.493 e. The summed E-state index contributed by atoms with van der Waals surface area (Å²) in [5.74, 6) is -0.976. The van der Waals surface area contributed by atoms with Gasteiger partial charge in [0.15, 0.2) is 5.69 Å². The normalized spacial score (nSPS) is 11.6. The highest BCUT2D eigenvalue weighted by Crippen LogP contribution is 2.41. The Kier molecular flexibility index (Phi) is 4.04. The van der Waals surface area contributed by atoms with Crippen LogP contribution >= 0.6 is 0 Å². The fourth-order valence-electron chi connectivity index (χ4n) is 2.66. The van der Waals surface area contributed by atoms with E-state index in [2.05, 4.69) is 10.2 Å². The number of carboxylic acid groups (broad SMARTS) is 1. The zero-order valence-corrected chi connectivity index (χ0v) is 13.3. The van der Waals surface area contributed by atoms with Gasteiger partial charge in [-0.25, -0.2) is 4.79 Å². The molecule has 0 amide bonds. The minimum atomic E-state index is -1.02. The van der Waals surface area contributed by atoms with E-state index in [0.717, 1.165) is 10.9 Å². The van der Waals surface area contributed by atoms with Crippen molar-refractivity contribution >= 4 is 28.2 Å². The van der Waals surface area contributed by atoms with Gasteiger partial charge in [-0.1, -0.05) is 24.3 Å². The van der Waals surface area contributed by atoms with Crippen LogP contribution in [0.25, 0.3) is 10.9 Å². The van der Waals surface area contributed by atoms with Crippen molar-refractivity contribution in [1.29, 1.82) is 0 Å². The van der Waals surface area contributed by atoms with Crippen molar-refractivity contribution < 1.29 is 15.0 Å². The van der Waals surface area contributed by atoms with E-state index in [1.54, 1.807) is 16.7 Å². The number of aromatic nitrogens is 1. The maximum Gasteiger partial charge on any atom is 0.335 e. The molecular formula is C18H17N3O3. The van der Waals surface area contributed by atoms with E-state index < -0.39 is 5.97 Å². The van der Waals surface area contributed by atoms with Gasteiger partial charge < -0.3 is 14.8 Å². The Bertz CT molecular complexity index is 942. The zero-order valence-electron chi connectivity index (χ0n) is 13.3. The van der Waals surface area contributed by atoms with Gasteiger partial charge in [-0.05, 0) is 38.1 Å². The fraction of sp³-hybridized carbons (Fsp3) is 0.167. The zero-order chi connectivity index (χ0) is 17.3. The van der Waals surface area contributed by atoms with Crippen LogP contribution in [-0.4, -0.2) is 20.7 Å². The molecule has 0 saturated heterocycles. The number of hydrogen-bond acceptors (Lipinski definition) is 4. The van der Waals surface area contributed by atoms with Crippen molar-refractivity contribution in [2.45, 2.75) is 19.9 Å². The molecule has 1 heterocycles. The number of carbonyl (C=O) groups is 1. The molecule has 0 unspecified atom stereocenters. The number of nitrogens with zero attached hydrogens (tertiary/aromatic N) is 3. The SMILES string of the molecule is CC(C)n1c(O)c(N=Nc2cccc(C(=O)O)c2)c2ccccc21. The van der Waals surface area contributed by atoms with Crippen LogP contribution in [0.15, 0.2) is 58.8 Å². The molecule has 0 aliphatic carbocycles. The van der Waals surface area contributed by atoms with Crippen LogP contribution in [0.4, 0.5) is 11.4 Å². The molecule has 3 aromatic rings. The van der Waals surface area contributed by atoms with Crippen LogP contribution in [0.5, 0.6) is 5.88 Å². The van der Waals surface area contributed by atoms with Crippen molar-refractivity contribution in [3.63, 3.8) is 0 Å². The molecule has 0 aliphatic rings. The second-order valence-electron chi connectivity index (χ2n) is 5.71. The second-order valence-corrected chi connectivity index (χ2v) is 5.71. The van der Waals surface area contributed by atoms with E-state index in [4.69, 9.17) is 5.11 Å². The standard InChI is InChI=1S/C18H17N3O3/c1-11(2)21-15-9-4-3-8-14(15)16(17(21)22)20-19-13-7-5-6-12(10-13)18(23)24/h3-11,22H,1-2H3,(H,23,24). The number of benzene rings is 2. The number of rotatable bonds is 4. The van der Waals surface area contributed by atoms with Crippen LogP contribution in [0.1, 0.15) is 30.2 Å². The van der Waals surface area contributed by atoms with E-state index >= 15 is 0 Å². The predicted molar refractivity (Wildman–Crippen MR) is 91.6 cm³/mol. The molecule has 3 rings (SSSR count). The molecule has 0 bridgehead atoms. The van der Waals surface area contributed by atoms with Gasteiger partial charge in [0.05, 0.1) is 16.8 Å². The molecule has 0 fully saturated rings. The van der Waals surface area contributed by atoms with E-state index in [1.165, 1.54) is 12.1 Å². The predicted octanol–water partition coefficient (Wildman–Crippen LogP) is 5.04. The van der Waals surface area contributed by atoms with Gasteiger partial charge in [0.25, 0.3) is 0 Å². The number of aromatic carboxylic acids is 1. The van der Waals surface area contributed by atoms with Gasteiger partial charge in [0.2, 0.25) is 5.88 Å². The molecule has 0 aliphatic heterocycles. The Morgan fingerprint density at radius 3 is 2.54 bits per heavy atom. The molecule has 0 saturated carbocycles. The first kappa shape index (κ1) is 15.7. The molecule has 122 valence electrons. The highest BCUT2D eigenvalue weighted by atomic mass is 16.4. The average Bonchev–Trinajstić information content (AvgIpc) is 2.84. The van der Waals surface area contributed by atoms with E-state index in [-0.39, 0.29) is 17.5 Å². The summed E-state index contributed by atoms with van der Waals surface area (Å²) in [6.45, 7) is 3.95. The van der Waals surface area contributed by atoms with Gasteiger partial charge in [-0.3, -0.25) is 0 Å². The van der Waals surface area contributed by atoms with Crippen molar-refractivity contribution in [1.82, 2.24) is 4.57 Å². The summed E-state index contributed by atoms with van der Waals surface area (Å²) >= 11 is 0. The molecule has 6 nitrogen and oxygen atoms in total. The first-order chi connectivity index (χ1) is 11.5. The quantitative estimate of drug-likeness (QED) is 0.659. The summed E-state index contributed by atoms with van der Waals surface area (Å²) in [6.07, 6.45) is 0. The second kappa shape index (κ2) is 6.16. The molecule has 2 aromatic carbocycles. The number of hydrogen-bond donors (Lipinski definition) is 2. The summed E-state index contributed by atoms with van der Waals surface area (Å²) in [6, 6.07) is 13.8. The molecule has 6 heteroatoms. The van der Waals surface area contributed by atoms with Crippen LogP contribution in [0.3, 0.4) is 0 Å². The van der Waals surface area contributed by atoms with Gasteiger partial charge in [0.1, 0.15) is 0 Å². The van der Waals surface area contributed by atoms with Crippen LogP contribution < -0.4 is 0 Å². The highest BCUT2D eigenvalue weighted by Gasteiger charge is 2.18. The summed E-state index contributed by atoms with van der Waals surface area (Å²) in [7, 11) is 0. The summed E-state index contributed by atoms with van der Waals surface area (Å²) in [4.78, 5) is 11.0. The third-order valence-corrected chi connectivity index (χ3v) is 3.73. The molecule has 0 radical (unpaired) electrons. The third-order valence-electron chi connectivity index (χ3n) is 3.73. The molecule has 24 heavy (non-hydrogen) atoms. The third kappa shape index (κ3) is 2.74. The Labute approximate surface area is 138 Å². The molecule has 0 spiro atoms. The fourth-order valence-corrected chi connectivity index (χ4v) is 2.66. The molecule has 1 aromatic heterocycles. The maximum absolute atomic E-state index is 11.0. The minimum Gasteiger partial charge on any atom is -0.493 e. The minimum absolute atomic E-state index is 0.0457. The number of azo groups is 1. The van der Waals surface area contributed by atoms with Crippen LogP contribution in [-0.2, 0) is 0 Å².